The Labute approximate surface area is 129 Å². The Morgan fingerprint density at radius 1 is 1.15 bits per heavy atom. The summed E-state index contributed by atoms with van der Waals surface area (Å²) in [6, 6.07) is 12.0. The highest BCUT2D eigenvalue weighted by atomic mass is 79.9. The Bertz CT molecular complexity index is 677. The number of para-hydroxylation sites is 1. The van der Waals surface area contributed by atoms with Crippen LogP contribution in [0.3, 0.4) is 0 Å². The second-order valence-electron chi connectivity index (χ2n) is 4.26. The number of nitrogens with one attached hydrogen (secondary N) is 1. The zero-order valence-electron chi connectivity index (χ0n) is 10.7. The molecule has 0 unspecified atom stereocenters. The van der Waals surface area contributed by atoms with Crippen LogP contribution < -0.4 is 5.32 Å². The van der Waals surface area contributed by atoms with E-state index < -0.39 is 0 Å². The molecule has 2 aromatic heterocycles. The lowest BCUT2D eigenvalue weighted by Crippen LogP contribution is -2.12. The molecule has 0 aliphatic heterocycles. The summed E-state index contributed by atoms with van der Waals surface area (Å²) in [7, 11) is 0. The monoisotopic (exact) mass is 348 g/mol. The summed E-state index contributed by atoms with van der Waals surface area (Å²) in [6.45, 7) is 1.54. The fraction of sp³-hybridized carbons (Fsp3) is 0.143. The predicted molar refractivity (Wildman–Crippen MR) is 83.9 cm³/mol. The molecule has 0 radical (unpaired) electrons. The third kappa shape index (κ3) is 3.15. The summed E-state index contributed by atoms with van der Waals surface area (Å²) in [5.41, 5.74) is 1.90. The topological polar surface area (TPSA) is 42.7 Å². The van der Waals surface area contributed by atoms with Gasteiger partial charge in [-0.2, -0.15) is 15.0 Å². The van der Waals surface area contributed by atoms with E-state index in [1.165, 1.54) is 4.88 Å². The zero-order valence-corrected chi connectivity index (χ0v) is 13.1. The Morgan fingerprint density at radius 3 is 2.75 bits per heavy atom. The maximum atomic E-state index is 4.46. The highest BCUT2D eigenvalue weighted by Gasteiger charge is 2.04. The van der Waals surface area contributed by atoms with Crippen molar-refractivity contribution in [2.75, 3.05) is 0 Å². The number of nitrogens with zero attached hydrogens (tertiary/aromatic N) is 3. The summed E-state index contributed by atoms with van der Waals surface area (Å²) in [5, 5.41) is 14.2. The number of hydrogen-bond acceptors (Lipinski definition) is 4. The van der Waals surface area contributed by atoms with E-state index >= 15 is 0 Å². The molecule has 0 amide bonds. The third-order valence-corrected chi connectivity index (χ3v) is 4.74. The average Bonchev–Trinajstić information content (AvgIpc) is 3.10. The summed E-state index contributed by atoms with van der Waals surface area (Å²) >= 11 is 5.26. The largest absolute Gasteiger partial charge is 0.306 e. The second kappa shape index (κ2) is 6.30. The van der Waals surface area contributed by atoms with Crippen LogP contribution in [0.1, 0.15) is 10.6 Å². The number of benzene rings is 1. The van der Waals surface area contributed by atoms with Gasteiger partial charge in [0, 0.05) is 22.4 Å². The number of halogens is 1. The van der Waals surface area contributed by atoms with Gasteiger partial charge in [0.1, 0.15) is 0 Å². The van der Waals surface area contributed by atoms with Gasteiger partial charge < -0.3 is 5.32 Å². The van der Waals surface area contributed by atoms with Crippen LogP contribution in [0.2, 0.25) is 0 Å². The van der Waals surface area contributed by atoms with Gasteiger partial charge in [-0.15, -0.1) is 11.3 Å². The normalized spacial score (nSPS) is 10.8. The molecule has 0 saturated carbocycles. The van der Waals surface area contributed by atoms with E-state index in [0.29, 0.717) is 6.54 Å². The van der Waals surface area contributed by atoms with Crippen molar-refractivity contribution in [2.24, 2.45) is 0 Å². The minimum absolute atomic E-state index is 0.706. The van der Waals surface area contributed by atoms with Gasteiger partial charge in [-0.25, -0.2) is 0 Å². The summed E-state index contributed by atoms with van der Waals surface area (Å²) in [5.74, 6) is 0. The Balaban J connectivity index is 1.59. The average molecular weight is 349 g/mol. The van der Waals surface area contributed by atoms with Crippen LogP contribution in [0.25, 0.3) is 5.69 Å². The van der Waals surface area contributed by atoms with Crippen molar-refractivity contribution in [3.63, 3.8) is 0 Å². The second-order valence-corrected chi connectivity index (χ2v) is 6.11. The van der Waals surface area contributed by atoms with E-state index in [9.17, 15) is 0 Å². The van der Waals surface area contributed by atoms with Gasteiger partial charge in [-0.1, -0.05) is 18.2 Å². The number of hydrogen-bond donors (Lipinski definition) is 1. The molecule has 0 fully saturated rings. The van der Waals surface area contributed by atoms with Gasteiger partial charge in [-0.3, -0.25) is 0 Å². The van der Waals surface area contributed by atoms with E-state index in [1.807, 2.05) is 30.3 Å². The highest BCUT2D eigenvalue weighted by molar-refractivity contribution is 9.10. The summed E-state index contributed by atoms with van der Waals surface area (Å²) in [6.07, 6.45) is 1.80. The van der Waals surface area contributed by atoms with Crippen molar-refractivity contribution < 1.29 is 0 Å². The first-order valence-electron chi connectivity index (χ1n) is 6.22. The van der Waals surface area contributed by atoms with E-state index in [2.05, 4.69) is 42.9 Å². The van der Waals surface area contributed by atoms with Gasteiger partial charge >= 0.3 is 0 Å². The molecular weight excluding hydrogens is 336 g/mol. The van der Waals surface area contributed by atoms with Crippen molar-refractivity contribution in [1.29, 1.82) is 0 Å². The van der Waals surface area contributed by atoms with Gasteiger partial charge in [0.15, 0.2) is 0 Å². The summed E-state index contributed by atoms with van der Waals surface area (Å²) in [4.78, 5) is 2.94. The SMILES string of the molecule is Brc1ccsc1CNCc1cnn(-c2ccccc2)n1. The molecule has 0 spiro atoms. The molecule has 102 valence electrons. The first-order chi connectivity index (χ1) is 9.83. The van der Waals surface area contributed by atoms with E-state index in [1.54, 1.807) is 22.3 Å². The van der Waals surface area contributed by atoms with Crippen LogP contribution in [0, 0.1) is 0 Å². The molecule has 2 heterocycles. The lowest BCUT2D eigenvalue weighted by Gasteiger charge is -2.01. The molecule has 1 N–H and O–H groups in total. The smallest absolute Gasteiger partial charge is 0.0969 e. The minimum atomic E-state index is 0.706. The quantitative estimate of drug-likeness (QED) is 0.768. The highest BCUT2D eigenvalue weighted by Crippen LogP contribution is 2.22. The molecule has 0 aliphatic rings. The molecule has 20 heavy (non-hydrogen) atoms. The Kier molecular flexibility index (Phi) is 4.25. The standard InChI is InChI=1S/C14H13BrN4S/c15-13-6-7-20-14(13)10-16-8-11-9-17-19(18-11)12-4-2-1-3-5-12/h1-7,9,16H,8,10H2. The number of rotatable bonds is 5. The molecule has 0 saturated heterocycles. The summed E-state index contributed by atoms with van der Waals surface area (Å²) < 4.78 is 1.16. The maximum Gasteiger partial charge on any atom is 0.0969 e. The van der Waals surface area contributed by atoms with Gasteiger partial charge in [0.05, 0.1) is 17.6 Å². The Hall–Kier alpha value is -1.50. The minimum Gasteiger partial charge on any atom is -0.306 e. The molecule has 3 aromatic rings. The first kappa shape index (κ1) is 13.5. The van der Waals surface area contributed by atoms with Crippen LogP contribution in [-0.2, 0) is 13.1 Å². The fourth-order valence-electron chi connectivity index (χ4n) is 1.82. The van der Waals surface area contributed by atoms with Gasteiger partial charge in [-0.05, 0) is 39.5 Å². The van der Waals surface area contributed by atoms with Crippen LogP contribution in [0.15, 0.2) is 52.4 Å². The van der Waals surface area contributed by atoms with Crippen LogP contribution in [0.4, 0.5) is 0 Å². The maximum absolute atomic E-state index is 4.46. The predicted octanol–water partition coefficient (Wildman–Crippen LogP) is 3.38. The fourth-order valence-corrected chi connectivity index (χ4v) is 3.28. The molecule has 0 aliphatic carbocycles. The third-order valence-electron chi connectivity index (χ3n) is 2.81. The number of aromatic nitrogens is 3. The van der Waals surface area contributed by atoms with E-state index in [4.69, 9.17) is 0 Å². The van der Waals surface area contributed by atoms with Crippen molar-refractivity contribution in [1.82, 2.24) is 20.3 Å². The molecular formula is C14H13BrN4S. The van der Waals surface area contributed by atoms with Gasteiger partial charge in [0.25, 0.3) is 0 Å². The first-order valence-corrected chi connectivity index (χ1v) is 7.89. The molecule has 0 atom stereocenters. The van der Waals surface area contributed by atoms with Crippen LogP contribution in [0.5, 0.6) is 0 Å². The van der Waals surface area contributed by atoms with Crippen molar-refractivity contribution in [3.05, 3.63) is 63.0 Å². The van der Waals surface area contributed by atoms with E-state index in [-0.39, 0.29) is 0 Å². The molecule has 1 aromatic carbocycles. The lowest BCUT2D eigenvalue weighted by molar-refractivity contribution is 0.666. The van der Waals surface area contributed by atoms with Crippen LogP contribution >= 0.6 is 27.3 Å². The molecule has 4 nitrogen and oxygen atoms in total. The van der Waals surface area contributed by atoms with Crippen molar-refractivity contribution in [2.45, 2.75) is 13.1 Å². The van der Waals surface area contributed by atoms with Gasteiger partial charge in [0.2, 0.25) is 0 Å². The van der Waals surface area contributed by atoms with Crippen molar-refractivity contribution >= 4 is 27.3 Å². The lowest BCUT2D eigenvalue weighted by atomic mass is 10.3. The molecule has 6 heteroatoms. The van der Waals surface area contributed by atoms with Crippen molar-refractivity contribution in [3.8, 4) is 5.69 Å². The molecule has 0 bridgehead atoms. The zero-order chi connectivity index (χ0) is 13.8. The molecule has 3 rings (SSSR count). The Morgan fingerprint density at radius 2 is 2.00 bits per heavy atom. The van der Waals surface area contributed by atoms with Crippen LogP contribution in [-0.4, -0.2) is 15.0 Å². The number of thiophene rings is 1. The van der Waals surface area contributed by atoms with E-state index in [0.717, 1.165) is 22.4 Å².